The van der Waals surface area contributed by atoms with Gasteiger partial charge in [-0.25, -0.2) is 0 Å². The molecule has 1 aliphatic rings. The van der Waals surface area contributed by atoms with Crippen molar-refractivity contribution in [2.24, 2.45) is 0 Å². The Morgan fingerprint density at radius 3 is 2.65 bits per heavy atom. The van der Waals surface area contributed by atoms with Crippen molar-refractivity contribution in [1.82, 2.24) is 0 Å². The number of aryl methyl sites for hydroxylation is 2. The summed E-state index contributed by atoms with van der Waals surface area (Å²) in [7, 11) is 0. The summed E-state index contributed by atoms with van der Waals surface area (Å²) in [5.74, 6) is -0.0579. The highest BCUT2D eigenvalue weighted by Crippen LogP contribution is 2.32. The zero-order valence-electron chi connectivity index (χ0n) is 15.1. The fraction of sp³-hybridized carbons (Fsp3) is 0.227. The Hall–Kier alpha value is -2.59. The van der Waals surface area contributed by atoms with Crippen LogP contribution in [0, 0.1) is 13.8 Å². The molecule has 3 aromatic rings. The SMILES string of the molecule is Cc1cc(C)cc(C(=O)Nc2ccccc2N2CCc3sccc3C2)c1. The van der Waals surface area contributed by atoms with E-state index in [2.05, 4.69) is 33.8 Å². The maximum Gasteiger partial charge on any atom is 0.255 e. The number of fused-ring (bicyclic) bond motifs is 1. The number of nitrogens with one attached hydrogen (secondary N) is 1. The van der Waals surface area contributed by atoms with Gasteiger partial charge >= 0.3 is 0 Å². The molecule has 0 aliphatic carbocycles. The highest BCUT2D eigenvalue weighted by atomic mass is 32.1. The Labute approximate surface area is 158 Å². The Morgan fingerprint density at radius 2 is 1.85 bits per heavy atom. The van der Waals surface area contributed by atoms with Gasteiger partial charge in [0.1, 0.15) is 0 Å². The lowest BCUT2D eigenvalue weighted by Crippen LogP contribution is -2.30. The van der Waals surface area contributed by atoms with E-state index in [1.165, 1.54) is 10.4 Å². The largest absolute Gasteiger partial charge is 0.365 e. The van der Waals surface area contributed by atoms with E-state index in [1.54, 1.807) is 0 Å². The summed E-state index contributed by atoms with van der Waals surface area (Å²) in [4.78, 5) is 16.6. The molecule has 0 radical (unpaired) electrons. The number of nitrogens with zero attached hydrogens (tertiary/aromatic N) is 1. The van der Waals surface area contributed by atoms with Crippen LogP contribution in [-0.2, 0) is 13.0 Å². The number of rotatable bonds is 3. The lowest BCUT2D eigenvalue weighted by Gasteiger charge is -2.30. The Kier molecular flexibility index (Phi) is 4.51. The number of carbonyl (C=O) groups excluding carboxylic acids is 1. The summed E-state index contributed by atoms with van der Waals surface area (Å²) in [5, 5.41) is 5.29. The maximum atomic E-state index is 12.8. The van der Waals surface area contributed by atoms with Crippen LogP contribution in [0.1, 0.15) is 31.9 Å². The molecule has 0 spiro atoms. The molecule has 1 aromatic heterocycles. The molecule has 1 amide bonds. The van der Waals surface area contributed by atoms with Gasteiger partial charge in [0, 0.05) is 23.5 Å². The normalized spacial score (nSPS) is 13.4. The van der Waals surface area contributed by atoms with Crippen LogP contribution in [0.5, 0.6) is 0 Å². The van der Waals surface area contributed by atoms with Crippen LogP contribution in [0.25, 0.3) is 0 Å². The van der Waals surface area contributed by atoms with Gasteiger partial charge in [-0.05, 0) is 61.5 Å². The first-order chi connectivity index (χ1) is 12.6. The van der Waals surface area contributed by atoms with E-state index in [-0.39, 0.29) is 5.91 Å². The van der Waals surface area contributed by atoms with Crippen LogP contribution in [0.2, 0.25) is 0 Å². The molecule has 2 aromatic carbocycles. The van der Waals surface area contributed by atoms with Crippen LogP contribution >= 0.6 is 11.3 Å². The third kappa shape index (κ3) is 3.37. The molecule has 132 valence electrons. The Balaban J connectivity index is 1.59. The van der Waals surface area contributed by atoms with Crippen LogP contribution in [0.15, 0.2) is 53.9 Å². The average Bonchev–Trinajstić information content (AvgIpc) is 3.09. The van der Waals surface area contributed by atoms with E-state index in [9.17, 15) is 4.79 Å². The van der Waals surface area contributed by atoms with Crippen molar-refractivity contribution in [3.8, 4) is 0 Å². The van der Waals surface area contributed by atoms with Gasteiger partial charge in [-0.15, -0.1) is 11.3 Å². The molecule has 4 rings (SSSR count). The number of anilines is 2. The molecule has 3 nitrogen and oxygen atoms in total. The van der Waals surface area contributed by atoms with Crippen molar-refractivity contribution in [2.75, 3.05) is 16.8 Å². The van der Waals surface area contributed by atoms with E-state index in [0.717, 1.165) is 42.0 Å². The first-order valence-corrected chi connectivity index (χ1v) is 9.77. The summed E-state index contributed by atoms with van der Waals surface area (Å²) >= 11 is 1.84. The number of hydrogen-bond acceptors (Lipinski definition) is 3. The zero-order chi connectivity index (χ0) is 18.1. The smallest absolute Gasteiger partial charge is 0.255 e. The fourth-order valence-corrected chi connectivity index (χ4v) is 4.50. The first kappa shape index (κ1) is 16.9. The molecule has 0 atom stereocenters. The standard InChI is InChI=1S/C22H22N2OS/c1-15-11-16(2)13-18(12-15)22(25)23-19-5-3-4-6-20(19)24-9-7-21-17(14-24)8-10-26-21/h3-6,8,10-13H,7,9,14H2,1-2H3,(H,23,25). The van der Waals surface area contributed by atoms with Gasteiger partial charge < -0.3 is 10.2 Å². The monoisotopic (exact) mass is 362 g/mol. The third-order valence-electron chi connectivity index (χ3n) is 4.78. The number of benzene rings is 2. The summed E-state index contributed by atoms with van der Waals surface area (Å²) in [6.07, 6.45) is 1.06. The molecule has 1 aliphatic heterocycles. The fourth-order valence-electron chi connectivity index (χ4n) is 3.61. The second kappa shape index (κ2) is 6.96. The van der Waals surface area contributed by atoms with Crippen molar-refractivity contribution in [3.63, 3.8) is 0 Å². The van der Waals surface area contributed by atoms with E-state index < -0.39 is 0 Å². The minimum atomic E-state index is -0.0579. The quantitative estimate of drug-likeness (QED) is 0.696. The summed E-state index contributed by atoms with van der Waals surface area (Å²) < 4.78 is 0. The number of para-hydroxylation sites is 2. The van der Waals surface area contributed by atoms with Crippen LogP contribution in [-0.4, -0.2) is 12.5 Å². The van der Waals surface area contributed by atoms with Crippen LogP contribution < -0.4 is 10.2 Å². The van der Waals surface area contributed by atoms with E-state index in [4.69, 9.17) is 0 Å². The molecule has 0 saturated heterocycles. The highest BCUT2D eigenvalue weighted by Gasteiger charge is 2.20. The third-order valence-corrected chi connectivity index (χ3v) is 5.81. The molecular formula is C22H22N2OS. The molecule has 4 heteroatoms. The minimum absolute atomic E-state index is 0.0579. The van der Waals surface area contributed by atoms with Crippen molar-refractivity contribution < 1.29 is 4.79 Å². The number of carbonyl (C=O) groups is 1. The molecule has 26 heavy (non-hydrogen) atoms. The molecule has 0 saturated carbocycles. The van der Waals surface area contributed by atoms with Gasteiger partial charge in [0.25, 0.3) is 5.91 Å². The second-order valence-corrected chi connectivity index (χ2v) is 7.89. The van der Waals surface area contributed by atoms with Crippen molar-refractivity contribution in [3.05, 3.63) is 81.0 Å². The van der Waals surface area contributed by atoms with Crippen molar-refractivity contribution in [2.45, 2.75) is 26.8 Å². The average molecular weight is 362 g/mol. The molecular weight excluding hydrogens is 340 g/mol. The molecule has 0 unspecified atom stereocenters. The van der Waals surface area contributed by atoms with Gasteiger partial charge in [0.15, 0.2) is 0 Å². The number of hydrogen-bond donors (Lipinski definition) is 1. The molecule has 2 heterocycles. The van der Waals surface area contributed by atoms with Crippen molar-refractivity contribution >= 4 is 28.6 Å². The number of amides is 1. The summed E-state index contributed by atoms with van der Waals surface area (Å²) in [6.45, 7) is 5.91. The van der Waals surface area contributed by atoms with E-state index in [1.807, 2.05) is 55.5 Å². The molecule has 0 bridgehead atoms. The van der Waals surface area contributed by atoms with Gasteiger partial charge in [-0.3, -0.25) is 4.79 Å². The first-order valence-electron chi connectivity index (χ1n) is 8.89. The van der Waals surface area contributed by atoms with Gasteiger partial charge in [0.05, 0.1) is 11.4 Å². The molecule has 0 fully saturated rings. The topological polar surface area (TPSA) is 32.3 Å². The van der Waals surface area contributed by atoms with Crippen LogP contribution in [0.3, 0.4) is 0 Å². The van der Waals surface area contributed by atoms with E-state index >= 15 is 0 Å². The lowest BCUT2D eigenvalue weighted by atomic mass is 10.1. The zero-order valence-corrected chi connectivity index (χ0v) is 15.9. The minimum Gasteiger partial charge on any atom is -0.365 e. The second-order valence-electron chi connectivity index (χ2n) is 6.89. The van der Waals surface area contributed by atoms with Gasteiger partial charge in [0.2, 0.25) is 0 Å². The Bertz CT molecular complexity index is 940. The summed E-state index contributed by atoms with van der Waals surface area (Å²) in [6, 6.07) is 16.2. The van der Waals surface area contributed by atoms with Crippen molar-refractivity contribution in [1.29, 1.82) is 0 Å². The highest BCUT2D eigenvalue weighted by molar-refractivity contribution is 7.10. The predicted molar refractivity (Wildman–Crippen MR) is 109 cm³/mol. The summed E-state index contributed by atoms with van der Waals surface area (Å²) in [5.41, 5.74) is 6.26. The van der Waals surface area contributed by atoms with Crippen LogP contribution in [0.4, 0.5) is 11.4 Å². The number of thiophene rings is 1. The molecule has 1 N–H and O–H groups in total. The Morgan fingerprint density at radius 1 is 1.08 bits per heavy atom. The lowest BCUT2D eigenvalue weighted by molar-refractivity contribution is 0.102. The van der Waals surface area contributed by atoms with Gasteiger partial charge in [-0.1, -0.05) is 29.3 Å². The maximum absolute atomic E-state index is 12.8. The van der Waals surface area contributed by atoms with Gasteiger partial charge in [-0.2, -0.15) is 0 Å². The van der Waals surface area contributed by atoms with E-state index in [0.29, 0.717) is 5.56 Å². The predicted octanol–water partition coefficient (Wildman–Crippen LogP) is 5.18.